The van der Waals surface area contributed by atoms with Crippen LogP contribution in [0, 0.1) is 0 Å². The minimum atomic E-state index is -0.576. The molecule has 1 saturated heterocycles. The molecule has 0 aromatic rings. The van der Waals surface area contributed by atoms with E-state index in [9.17, 15) is 14.4 Å². The molecule has 1 aliphatic rings. The minimum absolute atomic E-state index is 0.119. The van der Waals surface area contributed by atoms with Gasteiger partial charge < -0.3 is 4.84 Å². The topological polar surface area (TPSA) is 63.7 Å². The Labute approximate surface area is 91.4 Å². The summed E-state index contributed by atoms with van der Waals surface area (Å²) in [7, 11) is 0. The summed E-state index contributed by atoms with van der Waals surface area (Å²) < 4.78 is 0. The van der Waals surface area contributed by atoms with Gasteiger partial charge in [-0.3, -0.25) is 9.59 Å². The van der Waals surface area contributed by atoms with Crippen molar-refractivity contribution in [3.63, 3.8) is 0 Å². The molecule has 0 radical (unpaired) electrons. The fourth-order valence-electron chi connectivity index (χ4n) is 1.03. The van der Waals surface area contributed by atoms with Crippen molar-refractivity contribution in [2.24, 2.45) is 0 Å². The second-order valence-electron chi connectivity index (χ2n) is 2.83. The summed E-state index contributed by atoms with van der Waals surface area (Å²) in [6, 6.07) is 0. The van der Waals surface area contributed by atoms with Crippen molar-refractivity contribution in [3.8, 4) is 0 Å². The van der Waals surface area contributed by atoms with E-state index in [0.717, 1.165) is 0 Å². The number of nitrogens with zero attached hydrogens (tertiary/aromatic N) is 1. The Morgan fingerprint density at radius 3 is 2.60 bits per heavy atom. The first-order chi connectivity index (χ1) is 7.15. The summed E-state index contributed by atoms with van der Waals surface area (Å²) in [6.07, 6.45) is 0.384. The lowest BCUT2D eigenvalue weighted by Crippen LogP contribution is -2.32. The number of thioether (sulfide) groups is 1. The molecule has 0 saturated carbocycles. The smallest absolute Gasteiger partial charge is 0.330 e. The van der Waals surface area contributed by atoms with Gasteiger partial charge in [0, 0.05) is 18.6 Å². The largest absolute Gasteiger partial charge is 0.334 e. The van der Waals surface area contributed by atoms with Gasteiger partial charge in [0.1, 0.15) is 0 Å². The van der Waals surface area contributed by atoms with Crippen LogP contribution in [0.3, 0.4) is 0 Å². The molecule has 0 atom stereocenters. The van der Waals surface area contributed by atoms with Crippen molar-refractivity contribution in [1.82, 2.24) is 5.06 Å². The lowest BCUT2D eigenvalue weighted by atomic mass is 10.4. The van der Waals surface area contributed by atoms with Gasteiger partial charge in [-0.15, -0.1) is 16.8 Å². The highest BCUT2D eigenvalue weighted by Gasteiger charge is 2.32. The van der Waals surface area contributed by atoms with E-state index in [-0.39, 0.29) is 19.3 Å². The summed E-state index contributed by atoms with van der Waals surface area (Å²) in [5.74, 6) is -0.958. The van der Waals surface area contributed by atoms with Crippen LogP contribution in [0.4, 0.5) is 0 Å². The molecule has 0 N–H and O–H groups in total. The first-order valence-electron chi connectivity index (χ1n) is 4.44. The van der Waals surface area contributed by atoms with Gasteiger partial charge in [-0.05, 0) is 5.41 Å². The molecule has 6 heteroatoms. The van der Waals surface area contributed by atoms with Crippen molar-refractivity contribution >= 4 is 29.5 Å². The van der Waals surface area contributed by atoms with Crippen LogP contribution < -0.4 is 0 Å². The number of carbonyl (C=O) groups is 3. The van der Waals surface area contributed by atoms with Crippen LogP contribution >= 0.6 is 11.8 Å². The number of imide groups is 1. The fraction of sp³-hybridized carbons (Fsp3) is 0.444. The van der Waals surface area contributed by atoms with Gasteiger partial charge in [0.25, 0.3) is 11.8 Å². The second-order valence-corrected chi connectivity index (χ2v) is 3.91. The Balaban J connectivity index is 2.33. The Morgan fingerprint density at radius 1 is 1.47 bits per heavy atom. The molecule has 0 aromatic heterocycles. The molecule has 0 aliphatic carbocycles. The van der Waals surface area contributed by atoms with Gasteiger partial charge in [-0.1, -0.05) is 6.58 Å². The molecule has 1 rings (SSSR count). The molecular weight excluding hydrogens is 218 g/mol. The average Bonchev–Trinajstić information content (AvgIpc) is 2.50. The highest BCUT2D eigenvalue weighted by Crippen LogP contribution is 2.13. The van der Waals surface area contributed by atoms with E-state index >= 15 is 0 Å². The van der Waals surface area contributed by atoms with Gasteiger partial charge in [0.2, 0.25) is 0 Å². The van der Waals surface area contributed by atoms with Crippen LogP contribution in [0.15, 0.2) is 12.0 Å². The highest BCUT2D eigenvalue weighted by atomic mass is 32.2. The van der Waals surface area contributed by atoms with Crippen LogP contribution in [-0.2, 0) is 19.2 Å². The number of hydroxylamine groups is 2. The maximum Gasteiger partial charge on any atom is 0.334 e. The van der Waals surface area contributed by atoms with E-state index in [1.54, 1.807) is 5.41 Å². The van der Waals surface area contributed by atoms with Crippen molar-refractivity contribution in [1.29, 1.82) is 0 Å². The third kappa shape index (κ3) is 3.39. The zero-order chi connectivity index (χ0) is 11.3. The lowest BCUT2D eigenvalue weighted by Gasteiger charge is -2.11. The Morgan fingerprint density at radius 2 is 2.07 bits per heavy atom. The van der Waals surface area contributed by atoms with Crippen LogP contribution in [0.1, 0.15) is 19.3 Å². The summed E-state index contributed by atoms with van der Waals surface area (Å²) in [5.41, 5.74) is 0. The van der Waals surface area contributed by atoms with Crippen LogP contribution in [0.25, 0.3) is 0 Å². The molecular formula is C9H11NO4S. The summed E-state index contributed by atoms with van der Waals surface area (Å²) >= 11 is 1.37. The quantitative estimate of drug-likeness (QED) is 0.517. The zero-order valence-corrected chi connectivity index (χ0v) is 8.92. The van der Waals surface area contributed by atoms with Crippen LogP contribution in [0.5, 0.6) is 0 Å². The van der Waals surface area contributed by atoms with E-state index in [1.807, 2.05) is 0 Å². The minimum Gasteiger partial charge on any atom is -0.330 e. The molecule has 82 valence electrons. The summed E-state index contributed by atoms with van der Waals surface area (Å²) in [4.78, 5) is 37.9. The molecule has 0 unspecified atom stereocenters. The van der Waals surface area contributed by atoms with Crippen molar-refractivity contribution in [2.75, 3.05) is 5.75 Å². The lowest BCUT2D eigenvalue weighted by molar-refractivity contribution is -0.197. The van der Waals surface area contributed by atoms with E-state index in [0.29, 0.717) is 10.8 Å². The second kappa shape index (κ2) is 5.55. The van der Waals surface area contributed by atoms with E-state index < -0.39 is 17.8 Å². The maximum atomic E-state index is 11.1. The van der Waals surface area contributed by atoms with Gasteiger partial charge in [-0.25, -0.2) is 4.79 Å². The van der Waals surface area contributed by atoms with Crippen molar-refractivity contribution < 1.29 is 19.2 Å². The van der Waals surface area contributed by atoms with Crippen molar-refractivity contribution in [3.05, 3.63) is 12.0 Å². The van der Waals surface area contributed by atoms with Gasteiger partial charge in [-0.2, -0.15) is 0 Å². The Bertz CT molecular complexity index is 286. The van der Waals surface area contributed by atoms with Gasteiger partial charge in [0.05, 0.1) is 6.42 Å². The molecule has 15 heavy (non-hydrogen) atoms. The molecule has 1 heterocycles. The molecule has 1 fully saturated rings. The molecule has 0 bridgehead atoms. The average molecular weight is 229 g/mol. The monoisotopic (exact) mass is 229 g/mol. The first-order valence-corrected chi connectivity index (χ1v) is 5.49. The maximum absolute atomic E-state index is 11.1. The number of rotatable bonds is 5. The SMILES string of the molecule is C=CSCCC(=O)ON1C(=O)CCC1=O. The number of hydrogen-bond acceptors (Lipinski definition) is 5. The predicted molar refractivity (Wildman–Crippen MR) is 54.5 cm³/mol. The predicted octanol–water partition coefficient (Wildman–Crippen LogP) is 0.860. The molecule has 0 spiro atoms. The highest BCUT2D eigenvalue weighted by molar-refractivity contribution is 8.02. The van der Waals surface area contributed by atoms with E-state index in [2.05, 4.69) is 11.4 Å². The van der Waals surface area contributed by atoms with Crippen LogP contribution in [0.2, 0.25) is 0 Å². The number of hydrogen-bond donors (Lipinski definition) is 0. The van der Waals surface area contributed by atoms with E-state index in [4.69, 9.17) is 0 Å². The molecule has 2 amide bonds. The zero-order valence-electron chi connectivity index (χ0n) is 8.10. The summed E-state index contributed by atoms with van der Waals surface area (Å²) in [5, 5.41) is 2.17. The third-order valence-electron chi connectivity index (χ3n) is 1.74. The molecule has 1 aliphatic heterocycles. The number of carbonyl (C=O) groups excluding carboxylic acids is 3. The van der Waals surface area contributed by atoms with Crippen molar-refractivity contribution in [2.45, 2.75) is 19.3 Å². The molecule has 5 nitrogen and oxygen atoms in total. The fourth-order valence-corrected chi connectivity index (χ4v) is 1.48. The van der Waals surface area contributed by atoms with Crippen LogP contribution in [-0.4, -0.2) is 28.6 Å². The van der Waals surface area contributed by atoms with E-state index in [1.165, 1.54) is 11.8 Å². The molecule has 0 aromatic carbocycles. The first kappa shape index (κ1) is 11.8. The standard InChI is InChI=1S/C9H11NO4S/c1-2-15-6-5-9(13)14-10-7(11)3-4-8(10)12/h2H,1,3-6H2. The number of amides is 2. The van der Waals surface area contributed by atoms with Gasteiger partial charge >= 0.3 is 5.97 Å². The summed E-state index contributed by atoms with van der Waals surface area (Å²) in [6.45, 7) is 3.48. The Kier molecular flexibility index (Phi) is 4.36. The third-order valence-corrected chi connectivity index (χ3v) is 2.42. The normalized spacial score (nSPS) is 15.6. The van der Waals surface area contributed by atoms with Gasteiger partial charge in [0.15, 0.2) is 0 Å². The Hall–Kier alpha value is -1.30.